The molecule has 0 saturated carbocycles. The van der Waals surface area contributed by atoms with Gasteiger partial charge in [-0.2, -0.15) is 0 Å². The van der Waals surface area contributed by atoms with Gasteiger partial charge < -0.3 is 0 Å². The summed E-state index contributed by atoms with van der Waals surface area (Å²) >= 11 is 19.2. The maximum atomic E-state index is 12.0. The minimum Gasteiger partial charge on any atom is -0.298 e. The van der Waals surface area contributed by atoms with Crippen LogP contribution >= 0.6 is 46.1 Å². The monoisotopic (exact) mass is 422 g/mol. The highest BCUT2D eigenvalue weighted by molar-refractivity contribution is 7.15. The lowest BCUT2D eigenvalue weighted by atomic mass is 10.1. The fraction of sp³-hybridized carbons (Fsp3) is 0.0526. The van der Waals surface area contributed by atoms with Crippen molar-refractivity contribution in [1.29, 1.82) is 0 Å². The van der Waals surface area contributed by atoms with Gasteiger partial charge in [0.25, 0.3) is 0 Å². The molecule has 26 heavy (non-hydrogen) atoms. The number of carbonyl (C=O) groups is 1. The smallest absolute Gasteiger partial charge is 0.250 e. The number of nitrogens with zero attached hydrogens (tertiary/aromatic N) is 1. The summed E-state index contributed by atoms with van der Waals surface area (Å²) in [4.78, 5) is 17.3. The average molecular weight is 424 g/mol. The van der Waals surface area contributed by atoms with E-state index < -0.39 is 0 Å². The Balaban J connectivity index is 1.59. The van der Waals surface area contributed by atoms with Crippen LogP contribution in [0.2, 0.25) is 15.1 Å². The normalized spacial score (nSPS) is 11.0. The second-order valence-electron chi connectivity index (χ2n) is 5.43. The number of rotatable bonds is 5. The summed E-state index contributed by atoms with van der Waals surface area (Å²) in [5.41, 5.74) is 1.92. The van der Waals surface area contributed by atoms with E-state index in [2.05, 4.69) is 10.3 Å². The topological polar surface area (TPSA) is 42.0 Å². The third kappa shape index (κ3) is 5.32. The van der Waals surface area contributed by atoms with E-state index in [4.69, 9.17) is 34.8 Å². The number of hydrogen-bond donors (Lipinski definition) is 1. The molecule has 1 heterocycles. The quantitative estimate of drug-likeness (QED) is 0.486. The van der Waals surface area contributed by atoms with Crippen molar-refractivity contribution in [3.63, 3.8) is 0 Å². The lowest BCUT2D eigenvalue weighted by Gasteiger charge is -1.99. The van der Waals surface area contributed by atoms with Crippen molar-refractivity contribution in [2.45, 2.75) is 6.42 Å². The molecular weight excluding hydrogens is 411 g/mol. The van der Waals surface area contributed by atoms with E-state index in [9.17, 15) is 4.79 Å². The zero-order valence-corrected chi connectivity index (χ0v) is 16.5. The van der Waals surface area contributed by atoms with Gasteiger partial charge in [-0.1, -0.05) is 53.0 Å². The van der Waals surface area contributed by atoms with Gasteiger partial charge >= 0.3 is 0 Å². The maximum absolute atomic E-state index is 12.0. The predicted molar refractivity (Wildman–Crippen MR) is 110 cm³/mol. The number of halogens is 3. The highest BCUT2D eigenvalue weighted by Crippen LogP contribution is 2.24. The van der Waals surface area contributed by atoms with Crippen LogP contribution in [0.1, 0.15) is 16.0 Å². The summed E-state index contributed by atoms with van der Waals surface area (Å²) in [5.74, 6) is -0.261. The lowest BCUT2D eigenvalue weighted by Crippen LogP contribution is -2.07. The van der Waals surface area contributed by atoms with Crippen molar-refractivity contribution in [1.82, 2.24) is 4.98 Å². The number of amides is 1. The van der Waals surface area contributed by atoms with E-state index in [-0.39, 0.29) is 5.91 Å². The van der Waals surface area contributed by atoms with Gasteiger partial charge in [-0.05, 0) is 41.5 Å². The molecule has 0 unspecified atom stereocenters. The molecule has 0 atom stereocenters. The number of benzene rings is 2. The fourth-order valence-electron chi connectivity index (χ4n) is 2.19. The van der Waals surface area contributed by atoms with Crippen LogP contribution in [0, 0.1) is 0 Å². The third-order valence-corrected chi connectivity index (χ3v) is 5.35. The molecular formula is C19H13Cl3N2OS. The number of nitrogens with one attached hydrogen (secondary N) is 1. The Morgan fingerprint density at radius 3 is 2.58 bits per heavy atom. The van der Waals surface area contributed by atoms with Gasteiger partial charge in [0.05, 0.1) is 10.0 Å². The third-order valence-electron chi connectivity index (χ3n) is 3.45. The van der Waals surface area contributed by atoms with E-state index in [0.29, 0.717) is 20.2 Å². The second kappa shape index (κ2) is 8.69. The first kappa shape index (κ1) is 18.9. The fourth-order valence-corrected chi connectivity index (χ4v) is 3.47. The van der Waals surface area contributed by atoms with E-state index in [1.807, 2.05) is 24.3 Å². The van der Waals surface area contributed by atoms with E-state index in [0.717, 1.165) is 22.4 Å². The van der Waals surface area contributed by atoms with Crippen LogP contribution < -0.4 is 5.32 Å². The van der Waals surface area contributed by atoms with Crippen LogP contribution in [-0.4, -0.2) is 10.9 Å². The largest absolute Gasteiger partial charge is 0.298 e. The Hall–Kier alpha value is -1.85. The Morgan fingerprint density at radius 1 is 1.08 bits per heavy atom. The second-order valence-corrected chi connectivity index (χ2v) is 7.80. The highest BCUT2D eigenvalue weighted by Gasteiger charge is 2.06. The molecule has 0 aliphatic carbocycles. The van der Waals surface area contributed by atoms with Gasteiger partial charge in [0, 0.05) is 28.6 Å². The molecule has 0 radical (unpaired) electrons. The number of aromatic nitrogens is 1. The first-order valence-corrected chi connectivity index (χ1v) is 9.58. The van der Waals surface area contributed by atoms with E-state index >= 15 is 0 Å². The van der Waals surface area contributed by atoms with Crippen molar-refractivity contribution >= 4 is 63.3 Å². The molecule has 2 aromatic carbocycles. The molecule has 132 valence electrons. The Kier molecular flexibility index (Phi) is 6.33. The summed E-state index contributed by atoms with van der Waals surface area (Å²) in [7, 11) is 0. The van der Waals surface area contributed by atoms with Gasteiger partial charge in [-0.25, -0.2) is 4.98 Å². The van der Waals surface area contributed by atoms with Crippen LogP contribution in [0.3, 0.4) is 0 Å². The predicted octanol–water partition coefficient (Wildman–Crippen LogP) is 6.35. The zero-order chi connectivity index (χ0) is 18.5. The summed E-state index contributed by atoms with van der Waals surface area (Å²) in [6.45, 7) is 0. The van der Waals surface area contributed by atoms with Gasteiger partial charge in [0.1, 0.15) is 0 Å². The number of hydrogen-bond acceptors (Lipinski definition) is 3. The summed E-state index contributed by atoms with van der Waals surface area (Å²) in [6.07, 6.45) is 5.60. The van der Waals surface area contributed by atoms with Crippen molar-refractivity contribution < 1.29 is 4.79 Å². The van der Waals surface area contributed by atoms with Gasteiger partial charge in [0.15, 0.2) is 5.13 Å². The number of carbonyl (C=O) groups excluding carboxylic acids is 1. The van der Waals surface area contributed by atoms with Crippen molar-refractivity contribution in [2.75, 3.05) is 5.32 Å². The molecule has 0 aliphatic rings. The van der Waals surface area contributed by atoms with Gasteiger partial charge in [-0.15, -0.1) is 11.3 Å². The van der Waals surface area contributed by atoms with Crippen LogP contribution in [-0.2, 0) is 11.2 Å². The minimum absolute atomic E-state index is 0.261. The number of thiazole rings is 1. The first-order chi connectivity index (χ1) is 12.5. The molecule has 0 bridgehead atoms. The maximum Gasteiger partial charge on any atom is 0.250 e. The zero-order valence-electron chi connectivity index (χ0n) is 13.4. The molecule has 7 heteroatoms. The van der Waals surface area contributed by atoms with Crippen LogP contribution in [0.4, 0.5) is 5.13 Å². The molecule has 0 fully saturated rings. The highest BCUT2D eigenvalue weighted by atomic mass is 35.5. The SMILES string of the molecule is O=C(/C=C/c1ccc(Cl)c(Cl)c1)Nc1ncc(Cc2ccc(Cl)cc2)s1. The molecule has 3 aromatic rings. The molecule has 1 amide bonds. The average Bonchev–Trinajstić information content (AvgIpc) is 3.05. The summed E-state index contributed by atoms with van der Waals surface area (Å²) < 4.78 is 0. The molecule has 0 aliphatic heterocycles. The summed E-state index contributed by atoms with van der Waals surface area (Å²) in [5, 5.41) is 4.94. The standard InChI is InChI=1S/C19H13Cl3N2OS/c20-14-5-1-12(2-6-14)9-15-11-23-19(26-15)24-18(25)8-4-13-3-7-16(21)17(22)10-13/h1-8,10-11H,9H2,(H,23,24,25)/b8-4+. The van der Waals surface area contributed by atoms with Crippen LogP contribution in [0.25, 0.3) is 6.08 Å². The van der Waals surface area contributed by atoms with Gasteiger partial charge in [0.2, 0.25) is 5.91 Å². The first-order valence-electron chi connectivity index (χ1n) is 7.63. The Bertz CT molecular complexity index is 952. The van der Waals surface area contributed by atoms with E-state index in [1.165, 1.54) is 17.4 Å². The van der Waals surface area contributed by atoms with Crippen molar-refractivity contribution in [3.8, 4) is 0 Å². The minimum atomic E-state index is -0.261. The van der Waals surface area contributed by atoms with Gasteiger partial charge in [-0.3, -0.25) is 10.1 Å². The van der Waals surface area contributed by atoms with Crippen molar-refractivity contribution in [2.24, 2.45) is 0 Å². The molecule has 3 rings (SSSR count). The van der Waals surface area contributed by atoms with Crippen LogP contribution in [0.5, 0.6) is 0 Å². The molecule has 1 aromatic heterocycles. The molecule has 3 nitrogen and oxygen atoms in total. The van der Waals surface area contributed by atoms with Crippen molar-refractivity contribution in [3.05, 3.63) is 85.8 Å². The molecule has 1 N–H and O–H groups in total. The molecule has 0 saturated heterocycles. The lowest BCUT2D eigenvalue weighted by molar-refractivity contribution is -0.111. The Morgan fingerprint density at radius 2 is 1.85 bits per heavy atom. The van der Waals surface area contributed by atoms with Crippen LogP contribution in [0.15, 0.2) is 54.7 Å². The number of anilines is 1. The molecule has 0 spiro atoms. The van der Waals surface area contributed by atoms with E-state index in [1.54, 1.807) is 30.5 Å². The Labute approximate surface area is 170 Å². The summed E-state index contributed by atoms with van der Waals surface area (Å²) in [6, 6.07) is 12.8.